The smallest absolute Gasteiger partial charge is 0.160 e. The van der Waals surface area contributed by atoms with Gasteiger partial charge >= 0.3 is 0 Å². The van der Waals surface area contributed by atoms with Crippen LogP contribution in [0.4, 0.5) is 0 Å². The van der Waals surface area contributed by atoms with E-state index in [9.17, 15) is 0 Å². The largest absolute Gasteiger partial charge is 0.167 e. The fourth-order valence-electron chi connectivity index (χ4n) is 1.20. The molecular weight excluding hydrogens is 196 g/mol. The number of rotatable bonds is 2. The van der Waals surface area contributed by atoms with Gasteiger partial charge in [-0.05, 0) is 10.6 Å². The predicted octanol–water partition coefficient (Wildman–Crippen LogP) is 3.95. The van der Waals surface area contributed by atoms with E-state index in [4.69, 9.17) is 11.1 Å². The summed E-state index contributed by atoms with van der Waals surface area (Å²) >= 11 is 6.50. The van der Waals surface area contributed by atoms with Crippen LogP contribution in [0.25, 0.3) is 0 Å². The topological polar surface area (TPSA) is 0 Å². The molecule has 0 atom stereocenters. The second-order valence-electron chi connectivity index (χ2n) is 4.46. The average molecular weight is 213 g/mol. The van der Waals surface area contributed by atoms with E-state index < -0.39 is 7.38 Å². The number of halogens is 1. The molecule has 0 aromatic heterocycles. The molecule has 0 fully saturated rings. The Kier molecular flexibility index (Phi) is 2.88. The second kappa shape index (κ2) is 3.47. The lowest BCUT2D eigenvalue weighted by Crippen LogP contribution is -2.42. The van der Waals surface area contributed by atoms with E-state index in [1.807, 2.05) is 6.07 Å². The van der Waals surface area contributed by atoms with Crippen molar-refractivity contribution < 1.29 is 0 Å². The van der Waals surface area contributed by atoms with E-state index >= 15 is 0 Å². The molecule has 0 saturated heterocycles. The van der Waals surface area contributed by atoms with Crippen LogP contribution in [0.5, 0.6) is 0 Å². The molecule has 0 N–H and O–H groups in total. The lowest BCUT2D eigenvalue weighted by molar-refractivity contribution is 0.732. The third-order valence-electron chi connectivity index (χ3n) is 2.98. The van der Waals surface area contributed by atoms with Crippen molar-refractivity contribution in [3.8, 4) is 0 Å². The van der Waals surface area contributed by atoms with Gasteiger partial charge in [0, 0.05) is 0 Å². The van der Waals surface area contributed by atoms with Gasteiger partial charge in [0.2, 0.25) is 0 Å². The summed E-state index contributed by atoms with van der Waals surface area (Å²) in [4.78, 5) is 0. The van der Waals surface area contributed by atoms with E-state index in [1.54, 1.807) is 0 Å². The Balaban J connectivity index is 3.08. The van der Waals surface area contributed by atoms with Gasteiger partial charge in [-0.15, -0.1) is 0 Å². The molecule has 0 bridgehead atoms. The Morgan fingerprint density at radius 2 is 1.54 bits per heavy atom. The fourth-order valence-corrected chi connectivity index (χ4v) is 2.38. The third kappa shape index (κ3) is 2.15. The van der Waals surface area contributed by atoms with Crippen molar-refractivity contribution in [3.63, 3.8) is 0 Å². The van der Waals surface area contributed by atoms with Crippen molar-refractivity contribution in [2.24, 2.45) is 0 Å². The first-order chi connectivity index (χ1) is 5.86. The van der Waals surface area contributed by atoms with Gasteiger partial charge in [0.1, 0.15) is 0 Å². The summed E-state index contributed by atoms with van der Waals surface area (Å²) in [5.41, 5.74) is 1.35. The molecule has 0 amide bonds. The molecule has 72 valence electrons. The molecule has 0 heterocycles. The molecule has 1 rings (SSSR count). The molecule has 13 heavy (non-hydrogen) atoms. The van der Waals surface area contributed by atoms with Crippen LogP contribution in [0.2, 0.25) is 13.1 Å². The van der Waals surface area contributed by atoms with E-state index in [1.165, 1.54) is 5.56 Å². The van der Waals surface area contributed by atoms with Gasteiger partial charge in [-0.1, -0.05) is 57.3 Å². The highest BCUT2D eigenvalue weighted by Crippen LogP contribution is 2.35. The maximum absolute atomic E-state index is 6.50. The Morgan fingerprint density at radius 3 is 1.92 bits per heavy atom. The minimum Gasteiger partial charge on any atom is -0.167 e. The molecule has 2 heteroatoms. The summed E-state index contributed by atoms with van der Waals surface area (Å²) in [6.45, 7) is 8.87. The Labute approximate surface area is 86.6 Å². The summed E-state index contributed by atoms with van der Waals surface area (Å²) in [7, 11) is -1.65. The number of benzene rings is 1. The first kappa shape index (κ1) is 10.8. The van der Waals surface area contributed by atoms with Crippen molar-refractivity contribution >= 4 is 18.5 Å². The minimum absolute atomic E-state index is 0.135. The Morgan fingerprint density at radius 1 is 1.08 bits per heavy atom. The standard InChI is InChI=1S/C11H17ClSi/c1-11(2,13(3,4)12)10-8-6-5-7-9-10/h5-9H,1-4H3. The molecule has 0 aliphatic heterocycles. The van der Waals surface area contributed by atoms with Crippen LogP contribution in [0.1, 0.15) is 19.4 Å². The van der Waals surface area contributed by atoms with Gasteiger partial charge < -0.3 is 0 Å². The zero-order chi connectivity index (χ0) is 10.1. The molecule has 0 radical (unpaired) electrons. The van der Waals surface area contributed by atoms with Crippen LogP contribution in [0, 0.1) is 0 Å². The van der Waals surface area contributed by atoms with E-state index in [-0.39, 0.29) is 5.04 Å². The van der Waals surface area contributed by atoms with Crippen molar-refractivity contribution in [3.05, 3.63) is 35.9 Å². The van der Waals surface area contributed by atoms with E-state index in [2.05, 4.69) is 51.2 Å². The quantitative estimate of drug-likeness (QED) is 0.515. The first-order valence-corrected chi connectivity index (χ1v) is 8.61. The maximum Gasteiger partial charge on any atom is 0.160 e. The number of hydrogen-bond acceptors (Lipinski definition) is 0. The van der Waals surface area contributed by atoms with Crippen molar-refractivity contribution in [2.75, 3.05) is 0 Å². The highest BCUT2D eigenvalue weighted by Gasteiger charge is 2.38. The molecule has 0 unspecified atom stereocenters. The first-order valence-electron chi connectivity index (χ1n) is 4.60. The lowest BCUT2D eigenvalue weighted by Gasteiger charge is -2.35. The third-order valence-corrected chi connectivity index (χ3v) is 7.66. The predicted molar refractivity (Wildman–Crippen MR) is 62.8 cm³/mol. The Hall–Kier alpha value is -0.273. The van der Waals surface area contributed by atoms with Crippen LogP contribution in [0.15, 0.2) is 30.3 Å². The Bertz CT molecular complexity index is 272. The zero-order valence-corrected chi connectivity index (χ0v) is 10.5. The molecule has 0 aliphatic rings. The zero-order valence-electron chi connectivity index (χ0n) is 8.76. The maximum atomic E-state index is 6.50. The summed E-state index contributed by atoms with van der Waals surface area (Å²) in [6, 6.07) is 10.5. The molecule has 1 aromatic rings. The van der Waals surface area contributed by atoms with E-state index in [0.29, 0.717) is 0 Å². The minimum atomic E-state index is -1.65. The summed E-state index contributed by atoms with van der Waals surface area (Å²) in [6.07, 6.45) is 0. The van der Waals surface area contributed by atoms with Crippen molar-refractivity contribution in [2.45, 2.75) is 32.0 Å². The van der Waals surface area contributed by atoms with Gasteiger partial charge in [0.15, 0.2) is 7.38 Å². The van der Waals surface area contributed by atoms with Crippen molar-refractivity contribution in [1.82, 2.24) is 0 Å². The highest BCUT2D eigenvalue weighted by atomic mass is 35.6. The van der Waals surface area contributed by atoms with Gasteiger partial charge in [-0.3, -0.25) is 0 Å². The SMILES string of the molecule is CC(C)(c1ccccc1)[Si](C)(C)Cl. The van der Waals surface area contributed by atoms with Crippen molar-refractivity contribution in [1.29, 1.82) is 0 Å². The highest BCUT2D eigenvalue weighted by molar-refractivity contribution is 7.20. The molecule has 0 aliphatic carbocycles. The monoisotopic (exact) mass is 212 g/mol. The van der Waals surface area contributed by atoms with Gasteiger partial charge in [0.05, 0.1) is 0 Å². The van der Waals surface area contributed by atoms with Gasteiger partial charge in [0.25, 0.3) is 0 Å². The summed E-state index contributed by atoms with van der Waals surface area (Å²) < 4.78 is 0. The van der Waals surface area contributed by atoms with Crippen LogP contribution < -0.4 is 0 Å². The van der Waals surface area contributed by atoms with Crippen LogP contribution >= 0.6 is 11.1 Å². The fraction of sp³-hybridized carbons (Fsp3) is 0.455. The van der Waals surface area contributed by atoms with Crippen LogP contribution in [-0.2, 0) is 5.04 Å². The normalized spacial score (nSPS) is 13.0. The molecule has 0 saturated carbocycles. The molecule has 0 spiro atoms. The summed E-state index contributed by atoms with van der Waals surface area (Å²) in [5.74, 6) is 0. The summed E-state index contributed by atoms with van der Waals surface area (Å²) in [5, 5.41) is 0.135. The van der Waals surface area contributed by atoms with Gasteiger partial charge in [-0.2, -0.15) is 11.1 Å². The molecule has 0 nitrogen and oxygen atoms in total. The molecular formula is C11H17ClSi. The second-order valence-corrected chi connectivity index (χ2v) is 11.5. The van der Waals surface area contributed by atoms with E-state index in [0.717, 1.165) is 0 Å². The van der Waals surface area contributed by atoms with Gasteiger partial charge in [-0.25, -0.2) is 0 Å². The molecule has 1 aromatic carbocycles. The number of hydrogen-bond donors (Lipinski definition) is 0. The van der Waals surface area contributed by atoms with Crippen LogP contribution in [0.3, 0.4) is 0 Å². The lowest BCUT2D eigenvalue weighted by atomic mass is 10.0. The average Bonchev–Trinajstić information content (AvgIpc) is 2.04. The van der Waals surface area contributed by atoms with Crippen LogP contribution in [-0.4, -0.2) is 7.38 Å².